The number of aryl methyl sites for hydroxylation is 1. The van der Waals surface area contributed by atoms with Crippen molar-refractivity contribution in [3.63, 3.8) is 0 Å². The first kappa shape index (κ1) is 22.9. The number of ether oxygens (including phenoxy) is 1. The van der Waals surface area contributed by atoms with Crippen molar-refractivity contribution in [3.05, 3.63) is 93.6 Å². The number of amides is 2. The van der Waals surface area contributed by atoms with Crippen molar-refractivity contribution in [3.8, 4) is 17.1 Å². The van der Waals surface area contributed by atoms with E-state index in [0.717, 1.165) is 21.8 Å². The lowest BCUT2D eigenvalue weighted by Gasteiger charge is -2.10. The van der Waals surface area contributed by atoms with Crippen molar-refractivity contribution < 1.29 is 18.8 Å². The zero-order chi connectivity index (χ0) is 23.9. The number of thiophene rings is 1. The maximum absolute atomic E-state index is 12.9. The second kappa shape index (κ2) is 10.6. The molecule has 2 aromatic carbocycles. The second-order valence-electron chi connectivity index (χ2n) is 7.32. The first-order chi connectivity index (χ1) is 16.5. The van der Waals surface area contributed by atoms with Crippen molar-refractivity contribution >= 4 is 29.2 Å². The summed E-state index contributed by atoms with van der Waals surface area (Å²) in [5, 5.41) is 11.3. The van der Waals surface area contributed by atoms with Gasteiger partial charge in [-0.05, 0) is 60.8 Å². The molecule has 2 N–H and O–H groups in total. The highest BCUT2D eigenvalue weighted by molar-refractivity contribution is 7.10. The molecule has 9 heteroatoms. The molecule has 0 radical (unpaired) electrons. The Kier molecular flexibility index (Phi) is 7.14. The van der Waals surface area contributed by atoms with E-state index in [9.17, 15) is 9.59 Å². The molecule has 0 unspecified atom stereocenters. The minimum absolute atomic E-state index is 0.00405. The van der Waals surface area contributed by atoms with Gasteiger partial charge >= 0.3 is 0 Å². The number of rotatable bonds is 8. The molecule has 8 nitrogen and oxygen atoms in total. The van der Waals surface area contributed by atoms with Crippen LogP contribution >= 0.6 is 11.3 Å². The van der Waals surface area contributed by atoms with Gasteiger partial charge < -0.3 is 19.9 Å². The van der Waals surface area contributed by atoms with Gasteiger partial charge in [0.15, 0.2) is 0 Å². The molecule has 4 rings (SSSR count). The zero-order valence-corrected chi connectivity index (χ0v) is 19.4. The molecule has 2 aromatic heterocycles. The van der Waals surface area contributed by atoms with E-state index in [2.05, 4.69) is 20.8 Å². The standard InChI is InChI=1S/C25H22N4O4S/c1-16-5-3-6-18(13-16)24(30)27-21(14-20-7-4-12-34-20)25(31)26-15-22-28-23(29-33-22)17-8-10-19(32-2)11-9-17/h3-14H,15H2,1-2H3,(H,26,31)(H,27,30)/b21-14-. The number of benzene rings is 2. The largest absolute Gasteiger partial charge is 0.497 e. The minimum atomic E-state index is -0.474. The molecule has 0 fully saturated rings. The maximum Gasteiger partial charge on any atom is 0.268 e. The van der Waals surface area contributed by atoms with Crippen LogP contribution in [-0.2, 0) is 11.3 Å². The van der Waals surface area contributed by atoms with Crippen LogP contribution in [0.15, 0.2) is 76.3 Å². The molecule has 0 atom stereocenters. The Bertz CT molecular complexity index is 1310. The molecule has 0 aliphatic rings. The smallest absolute Gasteiger partial charge is 0.268 e. The summed E-state index contributed by atoms with van der Waals surface area (Å²) in [7, 11) is 1.59. The Morgan fingerprint density at radius 2 is 1.94 bits per heavy atom. The summed E-state index contributed by atoms with van der Waals surface area (Å²) in [6, 6.07) is 18.1. The highest BCUT2D eigenvalue weighted by Gasteiger charge is 2.17. The fourth-order valence-electron chi connectivity index (χ4n) is 3.09. The third-order valence-electron chi connectivity index (χ3n) is 4.82. The third kappa shape index (κ3) is 5.76. The van der Waals surface area contributed by atoms with E-state index in [0.29, 0.717) is 11.4 Å². The summed E-state index contributed by atoms with van der Waals surface area (Å²) in [6.45, 7) is 1.90. The first-order valence-electron chi connectivity index (χ1n) is 10.4. The van der Waals surface area contributed by atoms with Crippen LogP contribution in [0.5, 0.6) is 5.75 Å². The van der Waals surface area contributed by atoms with Crippen LogP contribution in [0.4, 0.5) is 0 Å². The normalized spacial score (nSPS) is 11.2. The summed E-state index contributed by atoms with van der Waals surface area (Å²) in [6.07, 6.45) is 1.63. The first-order valence-corrected chi connectivity index (χ1v) is 11.3. The van der Waals surface area contributed by atoms with Gasteiger partial charge in [0, 0.05) is 16.0 Å². The van der Waals surface area contributed by atoms with Crippen LogP contribution in [0, 0.1) is 6.92 Å². The minimum Gasteiger partial charge on any atom is -0.497 e. The maximum atomic E-state index is 12.9. The van der Waals surface area contributed by atoms with E-state index < -0.39 is 5.91 Å². The Hall–Kier alpha value is -4.24. The predicted octanol–water partition coefficient (Wildman–Crippen LogP) is 4.20. The van der Waals surface area contributed by atoms with Crippen molar-refractivity contribution in [2.45, 2.75) is 13.5 Å². The molecule has 172 valence electrons. The molecule has 4 aromatic rings. The molecule has 34 heavy (non-hydrogen) atoms. The summed E-state index contributed by atoms with van der Waals surface area (Å²) in [4.78, 5) is 30.8. The predicted molar refractivity (Wildman–Crippen MR) is 129 cm³/mol. The molecular formula is C25H22N4O4S. The summed E-state index contributed by atoms with van der Waals surface area (Å²) >= 11 is 1.45. The molecule has 0 bridgehead atoms. The average Bonchev–Trinajstić information content (AvgIpc) is 3.54. The number of carbonyl (C=O) groups excluding carboxylic acids is 2. The number of nitrogens with zero attached hydrogens (tertiary/aromatic N) is 2. The lowest BCUT2D eigenvalue weighted by Crippen LogP contribution is -2.34. The van der Waals surface area contributed by atoms with Gasteiger partial charge in [-0.2, -0.15) is 4.98 Å². The topological polar surface area (TPSA) is 106 Å². The van der Waals surface area contributed by atoms with Gasteiger partial charge in [0.25, 0.3) is 11.8 Å². The Labute approximate surface area is 200 Å². The Balaban J connectivity index is 1.45. The summed E-state index contributed by atoms with van der Waals surface area (Å²) in [5.74, 6) is 0.506. The van der Waals surface area contributed by atoms with E-state index in [-0.39, 0.29) is 24.0 Å². The molecule has 0 saturated carbocycles. The van der Waals surface area contributed by atoms with Crippen LogP contribution in [0.2, 0.25) is 0 Å². The molecule has 0 spiro atoms. The van der Waals surface area contributed by atoms with E-state index in [1.165, 1.54) is 11.3 Å². The number of aromatic nitrogens is 2. The van der Waals surface area contributed by atoms with Crippen LogP contribution in [-0.4, -0.2) is 29.1 Å². The average molecular weight is 475 g/mol. The fraction of sp³-hybridized carbons (Fsp3) is 0.120. The van der Waals surface area contributed by atoms with Crippen molar-refractivity contribution in [2.24, 2.45) is 0 Å². The highest BCUT2D eigenvalue weighted by Crippen LogP contribution is 2.20. The van der Waals surface area contributed by atoms with Gasteiger partial charge in [-0.1, -0.05) is 28.9 Å². The summed E-state index contributed by atoms with van der Waals surface area (Å²) in [5.41, 5.74) is 2.28. The monoisotopic (exact) mass is 474 g/mol. The number of nitrogens with one attached hydrogen (secondary N) is 2. The van der Waals surface area contributed by atoms with Gasteiger partial charge in [0.2, 0.25) is 11.7 Å². The lowest BCUT2D eigenvalue weighted by atomic mass is 10.1. The van der Waals surface area contributed by atoms with E-state index in [1.807, 2.05) is 42.6 Å². The quantitative estimate of drug-likeness (QED) is 0.371. The number of methoxy groups -OCH3 is 1. The van der Waals surface area contributed by atoms with Crippen molar-refractivity contribution in [1.82, 2.24) is 20.8 Å². The van der Waals surface area contributed by atoms with E-state index in [4.69, 9.17) is 9.26 Å². The molecule has 0 aliphatic carbocycles. The van der Waals surface area contributed by atoms with Gasteiger partial charge in [-0.3, -0.25) is 9.59 Å². The van der Waals surface area contributed by atoms with Crippen LogP contribution in [0.25, 0.3) is 17.5 Å². The van der Waals surface area contributed by atoms with Crippen molar-refractivity contribution in [2.75, 3.05) is 7.11 Å². The number of hydrogen-bond donors (Lipinski definition) is 2. The van der Waals surface area contributed by atoms with Crippen LogP contribution in [0.1, 0.15) is 26.7 Å². The van der Waals surface area contributed by atoms with Crippen LogP contribution < -0.4 is 15.4 Å². The van der Waals surface area contributed by atoms with Gasteiger partial charge in [0.1, 0.15) is 11.4 Å². The highest BCUT2D eigenvalue weighted by atomic mass is 32.1. The number of hydrogen-bond acceptors (Lipinski definition) is 7. The zero-order valence-electron chi connectivity index (χ0n) is 18.6. The number of carbonyl (C=O) groups is 2. The van der Waals surface area contributed by atoms with E-state index in [1.54, 1.807) is 43.5 Å². The van der Waals surface area contributed by atoms with E-state index >= 15 is 0 Å². The lowest BCUT2D eigenvalue weighted by molar-refractivity contribution is -0.118. The van der Waals surface area contributed by atoms with Gasteiger partial charge in [-0.15, -0.1) is 11.3 Å². The second-order valence-corrected chi connectivity index (χ2v) is 8.30. The van der Waals surface area contributed by atoms with Crippen molar-refractivity contribution in [1.29, 1.82) is 0 Å². The molecule has 2 heterocycles. The Morgan fingerprint density at radius 1 is 1.12 bits per heavy atom. The van der Waals surface area contributed by atoms with Gasteiger partial charge in [-0.25, -0.2) is 0 Å². The Morgan fingerprint density at radius 3 is 2.65 bits per heavy atom. The molecule has 0 aliphatic heterocycles. The third-order valence-corrected chi connectivity index (χ3v) is 5.64. The SMILES string of the molecule is COc1ccc(-c2noc(CNC(=O)/C(=C/c3cccs3)NC(=O)c3cccc(C)c3)n2)cc1. The fourth-order valence-corrected chi connectivity index (χ4v) is 3.75. The molecule has 0 saturated heterocycles. The molecule has 2 amide bonds. The van der Waals surface area contributed by atoms with Crippen LogP contribution in [0.3, 0.4) is 0 Å². The molecular weight excluding hydrogens is 452 g/mol. The van der Waals surface area contributed by atoms with Gasteiger partial charge in [0.05, 0.1) is 13.7 Å². The summed E-state index contributed by atoms with van der Waals surface area (Å²) < 4.78 is 10.4.